The lowest BCUT2D eigenvalue weighted by Crippen LogP contribution is -2.32. The van der Waals surface area contributed by atoms with Crippen LogP contribution < -0.4 is 0 Å². The Morgan fingerprint density at radius 1 is 0.737 bits per heavy atom. The minimum Gasteiger partial charge on any atom is -0.367 e. The zero-order chi connectivity index (χ0) is 14.3. The second-order valence-corrected chi connectivity index (χ2v) is 5.56. The molecule has 0 aromatic heterocycles. The fourth-order valence-electron chi connectivity index (χ4n) is 2.43. The average molecular weight is 273 g/mol. The fraction of sp³-hybridized carbons (Fsp3) is 1.00. The van der Waals surface area contributed by atoms with E-state index in [2.05, 4.69) is 18.7 Å². The Bertz CT molecular complexity index is 174. The molecule has 0 saturated heterocycles. The largest absolute Gasteiger partial charge is 0.367 e. The molecule has 3 heteroatoms. The van der Waals surface area contributed by atoms with Crippen molar-refractivity contribution in [3.05, 3.63) is 0 Å². The van der Waals surface area contributed by atoms with Crippen LogP contribution in [0.15, 0.2) is 0 Å². The van der Waals surface area contributed by atoms with Gasteiger partial charge in [-0.05, 0) is 19.5 Å². The molecule has 2 N–H and O–H groups in total. The maximum absolute atomic E-state index is 8.93. The molecule has 0 aliphatic heterocycles. The first-order chi connectivity index (χ1) is 9.20. The van der Waals surface area contributed by atoms with Crippen molar-refractivity contribution in [1.82, 2.24) is 4.90 Å². The standard InChI is InChI=1S/C16H35NO2/c1-3-5-6-7-8-9-10-11-12-13-14-17(4-2)15-16(18)19/h16,18-19H,3-15H2,1-2H3. The lowest BCUT2D eigenvalue weighted by molar-refractivity contribution is -0.0606. The molecule has 0 aliphatic carbocycles. The summed E-state index contributed by atoms with van der Waals surface area (Å²) in [7, 11) is 0. The number of nitrogens with zero attached hydrogens (tertiary/aromatic N) is 1. The van der Waals surface area contributed by atoms with Gasteiger partial charge in [0.1, 0.15) is 0 Å². The van der Waals surface area contributed by atoms with Gasteiger partial charge in [-0.2, -0.15) is 0 Å². The van der Waals surface area contributed by atoms with Crippen LogP contribution in [0.2, 0.25) is 0 Å². The Morgan fingerprint density at radius 3 is 1.63 bits per heavy atom. The number of aliphatic hydroxyl groups excluding tert-OH is 1. The van der Waals surface area contributed by atoms with E-state index in [9.17, 15) is 0 Å². The zero-order valence-electron chi connectivity index (χ0n) is 13.1. The molecule has 0 aromatic rings. The summed E-state index contributed by atoms with van der Waals surface area (Å²) < 4.78 is 0. The van der Waals surface area contributed by atoms with E-state index >= 15 is 0 Å². The summed E-state index contributed by atoms with van der Waals surface area (Å²) in [5, 5.41) is 17.9. The molecule has 0 spiro atoms. The van der Waals surface area contributed by atoms with E-state index in [1.165, 1.54) is 64.2 Å². The van der Waals surface area contributed by atoms with Crippen LogP contribution in [-0.4, -0.2) is 41.0 Å². The number of aliphatic hydroxyl groups is 2. The van der Waals surface area contributed by atoms with Crippen molar-refractivity contribution in [2.24, 2.45) is 0 Å². The molecule has 116 valence electrons. The Morgan fingerprint density at radius 2 is 1.21 bits per heavy atom. The van der Waals surface area contributed by atoms with Gasteiger partial charge in [0.05, 0.1) is 0 Å². The van der Waals surface area contributed by atoms with Crippen LogP contribution in [0.25, 0.3) is 0 Å². The summed E-state index contributed by atoms with van der Waals surface area (Å²) in [4.78, 5) is 2.11. The highest BCUT2D eigenvalue weighted by Gasteiger charge is 2.06. The minimum atomic E-state index is -1.19. The van der Waals surface area contributed by atoms with Crippen LogP contribution in [0.5, 0.6) is 0 Å². The second kappa shape index (κ2) is 14.3. The van der Waals surface area contributed by atoms with Gasteiger partial charge < -0.3 is 10.2 Å². The first kappa shape index (κ1) is 18.9. The number of likely N-dealkylation sites (N-methyl/N-ethyl adjacent to an activating group) is 1. The average Bonchev–Trinajstić information content (AvgIpc) is 2.39. The van der Waals surface area contributed by atoms with Crippen molar-refractivity contribution in [1.29, 1.82) is 0 Å². The lowest BCUT2D eigenvalue weighted by atomic mass is 10.1. The molecule has 0 amide bonds. The van der Waals surface area contributed by atoms with Crippen LogP contribution in [0.1, 0.15) is 78.1 Å². The van der Waals surface area contributed by atoms with Gasteiger partial charge in [0.2, 0.25) is 0 Å². The van der Waals surface area contributed by atoms with Gasteiger partial charge in [0.15, 0.2) is 6.29 Å². The highest BCUT2D eigenvalue weighted by molar-refractivity contribution is 4.57. The minimum absolute atomic E-state index is 0.383. The highest BCUT2D eigenvalue weighted by Crippen LogP contribution is 2.10. The molecule has 0 aliphatic rings. The van der Waals surface area contributed by atoms with Gasteiger partial charge in [-0.15, -0.1) is 0 Å². The molecule has 0 atom stereocenters. The smallest absolute Gasteiger partial charge is 0.164 e. The molecule has 3 nitrogen and oxygen atoms in total. The Labute approximate surface area is 120 Å². The fourth-order valence-corrected chi connectivity index (χ4v) is 2.43. The summed E-state index contributed by atoms with van der Waals surface area (Å²) in [5.74, 6) is 0. The molecule has 0 unspecified atom stereocenters. The summed E-state index contributed by atoms with van der Waals surface area (Å²) in [6.07, 6.45) is 12.3. The van der Waals surface area contributed by atoms with Crippen LogP contribution in [-0.2, 0) is 0 Å². The van der Waals surface area contributed by atoms with Crippen LogP contribution in [0, 0.1) is 0 Å². The number of hydrogen-bond donors (Lipinski definition) is 2. The van der Waals surface area contributed by atoms with Crippen molar-refractivity contribution in [2.75, 3.05) is 19.6 Å². The second-order valence-electron chi connectivity index (χ2n) is 5.56. The molecular formula is C16H35NO2. The quantitative estimate of drug-likeness (QED) is 0.376. The van der Waals surface area contributed by atoms with Gasteiger partial charge in [0.25, 0.3) is 0 Å². The SMILES string of the molecule is CCCCCCCCCCCCN(CC)CC(O)O. The molecule has 0 bridgehead atoms. The molecular weight excluding hydrogens is 238 g/mol. The molecule has 0 fully saturated rings. The normalized spacial score (nSPS) is 11.7. The molecule has 19 heavy (non-hydrogen) atoms. The van der Waals surface area contributed by atoms with Crippen molar-refractivity contribution in [3.63, 3.8) is 0 Å². The molecule has 0 heterocycles. The van der Waals surface area contributed by atoms with Gasteiger partial charge in [0, 0.05) is 6.54 Å². The monoisotopic (exact) mass is 273 g/mol. The molecule has 0 radical (unpaired) electrons. The summed E-state index contributed by atoms with van der Waals surface area (Å²) in [5.41, 5.74) is 0. The third-order valence-electron chi connectivity index (χ3n) is 3.70. The Hall–Kier alpha value is -0.120. The molecule has 0 aromatic carbocycles. The van der Waals surface area contributed by atoms with E-state index < -0.39 is 6.29 Å². The van der Waals surface area contributed by atoms with E-state index in [0.717, 1.165) is 13.1 Å². The molecule has 0 saturated carbocycles. The summed E-state index contributed by atoms with van der Waals surface area (Å²) in [6.45, 7) is 6.60. The maximum atomic E-state index is 8.93. The van der Waals surface area contributed by atoms with Crippen molar-refractivity contribution in [3.8, 4) is 0 Å². The summed E-state index contributed by atoms with van der Waals surface area (Å²) in [6, 6.07) is 0. The number of unbranched alkanes of at least 4 members (excludes halogenated alkanes) is 9. The topological polar surface area (TPSA) is 43.7 Å². The van der Waals surface area contributed by atoms with Crippen LogP contribution in [0.3, 0.4) is 0 Å². The predicted molar refractivity (Wildman–Crippen MR) is 82.2 cm³/mol. The Kier molecular flexibility index (Phi) is 14.2. The summed E-state index contributed by atoms with van der Waals surface area (Å²) >= 11 is 0. The van der Waals surface area contributed by atoms with Crippen molar-refractivity contribution < 1.29 is 10.2 Å². The Balaban J connectivity index is 3.21. The number of rotatable bonds is 14. The lowest BCUT2D eigenvalue weighted by Gasteiger charge is -2.20. The first-order valence-electron chi connectivity index (χ1n) is 8.29. The van der Waals surface area contributed by atoms with E-state index in [-0.39, 0.29) is 0 Å². The maximum Gasteiger partial charge on any atom is 0.164 e. The van der Waals surface area contributed by atoms with Crippen LogP contribution >= 0.6 is 0 Å². The van der Waals surface area contributed by atoms with E-state index in [1.54, 1.807) is 0 Å². The van der Waals surface area contributed by atoms with Gasteiger partial charge in [-0.1, -0.05) is 71.6 Å². The number of hydrogen-bond acceptors (Lipinski definition) is 3. The zero-order valence-corrected chi connectivity index (χ0v) is 13.1. The van der Waals surface area contributed by atoms with E-state index in [4.69, 9.17) is 10.2 Å². The first-order valence-corrected chi connectivity index (χ1v) is 8.29. The van der Waals surface area contributed by atoms with Crippen molar-refractivity contribution >= 4 is 0 Å². The predicted octanol–water partition coefficient (Wildman–Crippen LogP) is 3.54. The van der Waals surface area contributed by atoms with Crippen LogP contribution in [0.4, 0.5) is 0 Å². The third-order valence-corrected chi connectivity index (χ3v) is 3.70. The van der Waals surface area contributed by atoms with Gasteiger partial charge in [-0.25, -0.2) is 0 Å². The van der Waals surface area contributed by atoms with E-state index in [1.807, 2.05) is 0 Å². The van der Waals surface area contributed by atoms with Gasteiger partial charge in [-0.3, -0.25) is 4.90 Å². The van der Waals surface area contributed by atoms with E-state index in [0.29, 0.717) is 6.54 Å². The third kappa shape index (κ3) is 14.1. The highest BCUT2D eigenvalue weighted by atomic mass is 16.5. The van der Waals surface area contributed by atoms with Gasteiger partial charge >= 0.3 is 0 Å². The van der Waals surface area contributed by atoms with Crippen molar-refractivity contribution in [2.45, 2.75) is 84.3 Å². The molecule has 0 rings (SSSR count).